The van der Waals surface area contributed by atoms with Crippen LogP contribution < -0.4 is 0 Å². The smallest absolute Gasteiger partial charge is 0.240 e. The maximum atomic E-state index is 13.0. The van der Waals surface area contributed by atoms with Crippen LogP contribution >= 0.6 is 11.8 Å². The van der Waals surface area contributed by atoms with E-state index in [1.807, 2.05) is 35.7 Å². The van der Waals surface area contributed by atoms with E-state index in [1.54, 1.807) is 6.26 Å². The van der Waals surface area contributed by atoms with Crippen molar-refractivity contribution in [1.29, 1.82) is 0 Å². The van der Waals surface area contributed by atoms with Gasteiger partial charge in [-0.3, -0.25) is 9.69 Å². The molecule has 3 heterocycles. The molecule has 1 aromatic rings. The highest BCUT2D eigenvalue weighted by molar-refractivity contribution is 7.99. The highest BCUT2D eigenvalue weighted by atomic mass is 32.2. The van der Waals surface area contributed by atoms with E-state index < -0.39 is 0 Å². The van der Waals surface area contributed by atoms with Crippen molar-refractivity contribution in [3.8, 4) is 0 Å². The van der Waals surface area contributed by atoms with Gasteiger partial charge >= 0.3 is 0 Å². The van der Waals surface area contributed by atoms with Crippen molar-refractivity contribution in [2.24, 2.45) is 0 Å². The summed E-state index contributed by atoms with van der Waals surface area (Å²) < 4.78 is 11.2. The molecule has 6 heteroatoms. The van der Waals surface area contributed by atoms with Crippen LogP contribution in [0.3, 0.4) is 0 Å². The van der Waals surface area contributed by atoms with E-state index in [0.717, 1.165) is 49.8 Å². The van der Waals surface area contributed by atoms with Crippen LogP contribution in [0.15, 0.2) is 22.8 Å². The Labute approximate surface area is 142 Å². The molecule has 0 unspecified atom stereocenters. The molecule has 23 heavy (non-hydrogen) atoms. The normalized spacial score (nSPS) is 23.8. The fraction of sp³-hybridized carbons (Fsp3) is 0.706. The van der Waals surface area contributed by atoms with Crippen LogP contribution in [0.4, 0.5) is 0 Å². The predicted octanol–water partition coefficient (Wildman–Crippen LogP) is 2.22. The van der Waals surface area contributed by atoms with Gasteiger partial charge in [-0.05, 0) is 31.9 Å². The predicted molar refractivity (Wildman–Crippen MR) is 91.5 cm³/mol. The molecule has 2 aliphatic rings. The Hall–Kier alpha value is -0.980. The first-order chi connectivity index (χ1) is 11.2. The monoisotopic (exact) mass is 338 g/mol. The largest absolute Gasteiger partial charge is 0.467 e. The molecular weight excluding hydrogens is 312 g/mol. The lowest BCUT2D eigenvalue weighted by molar-refractivity contribution is -0.138. The van der Waals surface area contributed by atoms with Gasteiger partial charge in [-0.15, -0.1) is 0 Å². The van der Waals surface area contributed by atoms with E-state index in [9.17, 15) is 4.79 Å². The Morgan fingerprint density at radius 3 is 2.96 bits per heavy atom. The van der Waals surface area contributed by atoms with Gasteiger partial charge in [-0.25, -0.2) is 0 Å². The number of carbonyl (C=O) groups excluding carboxylic acids is 1. The number of furan rings is 1. The molecule has 0 aromatic carbocycles. The second-order valence-corrected chi connectivity index (χ2v) is 7.48. The van der Waals surface area contributed by atoms with Gasteiger partial charge in [0.1, 0.15) is 5.76 Å². The molecule has 0 spiro atoms. The average molecular weight is 338 g/mol. The summed E-state index contributed by atoms with van der Waals surface area (Å²) in [6, 6.07) is 3.72. The molecule has 0 saturated carbocycles. The first-order valence-corrected chi connectivity index (χ1v) is 9.64. The Balaban J connectivity index is 1.65. The SMILES string of the molecule is C[C@@H](C(=O)N(Cc1ccco1)C[C@H]1CCCO1)N1CCSCC1. The van der Waals surface area contributed by atoms with Gasteiger partial charge in [0.2, 0.25) is 5.91 Å². The van der Waals surface area contributed by atoms with Gasteiger partial charge in [0.05, 0.1) is 25.0 Å². The van der Waals surface area contributed by atoms with Crippen molar-refractivity contribution in [3.63, 3.8) is 0 Å². The molecule has 0 N–H and O–H groups in total. The van der Waals surface area contributed by atoms with E-state index in [1.165, 1.54) is 0 Å². The minimum Gasteiger partial charge on any atom is -0.467 e. The van der Waals surface area contributed by atoms with Crippen molar-refractivity contribution in [1.82, 2.24) is 9.80 Å². The van der Waals surface area contributed by atoms with Crippen molar-refractivity contribution < 1.29 is 13.9 Å². The fourth-order valence-corrected chi connectivity index (χ4v) is 4.17. The van der Waals surface area contributed by atoms with E-state index >= 15 is 0 Å². The molecule has 5 nitrogen and oxygen atoms in total. The third-order valence-corrected chi connectivity index (χ3v) is 5.58. The minimum atomic E-state index is -0.0766. The molecule has 0 bridgehead atoms. The van der Waals surface area contributed by atoms with Gasteiger partial charge in [0.25, 0.3) is 0 Å². The van der Waals surface area contributed by atoms with Gasteiger partial charge in [0, 0.05) is 37.7 Å². The lowest BCUT2D eigenvalue weighted by Gasteiger charge is -2.35. The number of thioether (sulfide) groups is 1. The van der Waals surface area contributed by atoms with Crippen molar-refractivity contribution >= 4 is 17.7 Å². The van der Waals surface area contributed by atoms with Crippen LogP contribution in [0.2, 0.25) is 0 Å². The Morgan fingerprint density at radius 2 is 2.30 bits per heavy atom. The summed E-state index contributed by atoms with van der Waals surface area (Å²) >= 11 is 1.96. The third-order valence-electron chi connectivity index (χ3n) is 4.64. The zero-order valence-electron chi connectivity index (χ0n) is 13.8. The lowest BCUT2D eigenvalue weighted by Crippen LogP contribution is -2.50. The van der Waals surface area contributed by atoms with Crippen molar-refractivity contribution in [3.05, 3.63) is 24.2 Å². The number of hydrogen-bond acceptors (Lipinski definition) is 5. The molecular formula is C17H26N2O3S. The topological polar surface area (TPSA) is 45.9 Å². The van der Waals surface area contributed by atoms with E-state index in [0.29, 0.717) is 13.1 Å². The quantitative estimate of drug-likeness (QED) is 0.796. The summed E-state index contributed by atoms with van der Waals surface area (Å²) in [6.45, 7) is 6.01. The van der Waals surface area contributed by atoms with E-state index in [-0.39, 0.29) is 18.1 Å². The number of hydrogen-bond donors (Lipinski definition) is 0. The van der Waals surface area contributed by atoms with E-state index in [4.69, 9.17) is 9.15 Å². The van der Waals surface area contributed by atoms with Crippen molar-refractivity contribution in [2.75, 3.05) is 37.7 Å². The maximum Gasteiger partial charge on any atom is 0.240 e. The fourth-order valence-electron chi connectivity index (χ4n) is 3.24. The molecule has 2 atom stereocenters. The first-order valence-electron chi connectivity index (χ1n) is 8.48. The Kier molecular flexibility index (Phi) is 6.02. The van der Waals surface area contributed by atoms with Crippen LogP contribution in [0, 0.1) is 0 Å². The standard InChI is InChI=1S/C17H26N2O3S/c1-14(18-6-10-23-11-7-18)17(20)19(12-15-4-2-8-21-15)13-16-5-3-9-22-16/h2,4,8,14,16H,3,5-7,9-13H2,1H3/t14-,16+/m0/s1. The minimum absolute atomic E-state index is 0.0766. The zero-order valence-corrected chi connectivity index (χ0v) is 14.6. The summed E-state index contributed by atoms with van der Waals surface area (Å²) in [5, 5.41) is 0. The summed E-state index contributed by atoms with van der Waals surface area (Å²) in [7, 11) is 0. The molecule has 3 rings (SSSR count). The van der Waals surface area contributed by atoms with Crippen LogP contribution in [0.25, 0.3) is 0 Å². The molecule has 1 aromatic heterocycles. The Morgan fingerprint density at radius 1 is 1.48 bits per heavy atom. The summed E-state index contributed by atoms with van der Waals surface area (Å²) in [5.41, 5.74) is 0. The van der Waals surface area contributed by atoms with Crippen LogP contribution in [-0.2, 0) is 16.1 Å². The van der Waals surface area contributed by atoms with Gasteiger partial charge in [0.15, 0.2) is 0 Å². The van der Waals surface area contributed by atoms with Crippen molar-refractivity contribution in [2.45, 2.75) is 38.5 Å². The molecule has 1 amide bonds. The van der Waals surface area contributed by atoms with Gasteiger partial charge in [-0.2, -0.15) is 11.8 Å². The molecule has 2 saturated heterocycles. The molecule has 0 aliphatic carbocycles. The maximum absolute atomic E-state index is 13.0. The molecule has 128 valence electrons. The molecule has 2 fully saturated rings. The second kappa shape index (κ2) is 8.22. The van der Waals surface area contributed by atoms with Crippen LogP contribution in [0.5, 0.6) is 0 Å². The zero-order chi connectivity index (χ0) is 16.1. The summed E-state index contributed by atoms with van der Waals surface area (Å²) in [4.78, 5) is 17.2. The molecule has 0 radical (unpaired) electrons. The second-order valence-electron chi connectivity index (χ2n) is 6.26. The van der Waals surface area contributed by atoms with Crippen LogP contribution in [-0.4, -0.2) is 65.6 Å². The number of carbonyl (C=O) groups is 1. The summed E-state index contributed by atoms with van der Waals surface area (Å²) in [5.74, 6) is 3.24. The lowest BCUT2D eigenvalue weighted by atomic mass is 10.2. The van der Waals surface area contributed by atoms with Crippen LogP contribution in [0.1, 0.15) is 25.5 Å². The Bertz CT molecular complexity index is 482. The van der Waals surface area contributed by atoms with Gasteiger partial charge < -0.3 is 14.1 Å². The molecule has 2 aliphatic heterocycles. The number of ether oxygens (including phenoxy) is 1. The highest BCUT2D eigenvalue weighted by Gasteiger charge is 2.30. The number of nitrogens with zero attached hydrogens (tertiary/aromatic N) is 2. The number of amides is 1. The summed E-state index contributed by atoms with van der Waals surface area (Å²) in [6.07, 6.45) is 3.95. The number of rotatable bonds is 6. The van der Waals surface area contributed by atoms with E-state index in [2.05, 4.69) is 4.90 Å². The first kappa shape index (κ1) is 16.9. The average Bonchev–Trinajstić information content (AvgIpc) is 3.27. The third kappa shape index (κ3) is 4.52. The highest BCUT2D eigenvalue weighted by Crippen LogP contribution is 2.19. The van der Waals surface area contributed by atoms with Gasteiger partial charge in [-0.1, -0.05) is 0 Å².